The van der Waals surface area contributed by atoms with Gasteiger partial charge in [0.1, 0.15) is 0 Å². The van der Waals surface area contributed by atoms with Crippen molar-refractivity contribution in [3.63, 3.8) is 0 Å². The van der Waals surface area contributed by atoms with Crippen molar-refractivity contribution < 1.29 is 4.74 Å². The van der Waals surface area contributed by atoms with Crippen LogP contribution in [0, 0.1) is 0 Å². The van der Waals surface area contributed by atoms with E-state index in [0.717, 1.165) is 56.1 Å². The van der Waals surface area contributed by atoms with Gasteiger partial charge in [0.2, 0.25) is 0 Å². The lowest BCUT2D eigenvalue weighted by Gasteiger charge is -2.14. The van der Waals surface area contributed by atoms with E-state index in [9.17, 15) is 0 Å². The van der Waals surface area contributed by atoms with E-state index in [2.05, 4.69) is 63.5 Å². The molecule has 1 aliphatic rings. The van der Waals surface area contributed by atoms with Crippen LogP contribution in [0.2, 0.25) is 0 Å². The van der Waals surface area contributed by atoms with Gasteiger partial charge in [0, 0.05) is 26.2 Å². The van der Waals surface area contributed by atoms with Gasteiger partial charge in [0.05, 0.1) is 30.0 Å². The Hall–Kier alpha value is -2.86. The van der Waals surface area contributed by atoms with Gasteiger partial charge in [-0.25, -0.2) is 9.98 Å². The van der Waals surface area contributed by atoms with Gasteiger partial charge >= 0.3 is 0 Å². The molecule has 1 unspecified atom stereocenters. The number of rotatable bonds is 7. The van der Waals surface area contributed by atoms with Crippen molar-refractivity contribution in [1.82, 2.24) is 20.2 Å². The first-order valence-corrected chi connectivity index (χ1v) is 10.4. The second kappa shape index (κ2) is 9.56. The molecule has 2 aromatic carbocycles. The molecule has 4 rings (SSSR count). The van der Waals surface area contributed by atoms with E-state index in [1.165, 1.54) is 11.1 Å². The number of para-hydroxylation sites is 2. The van der Waals surface area contributed by atoms with Crippen LogP contribution in [-0.2, 0) is 17.8 Å². The minimum absolute atomic E-state index is 0.303. The van der Waals surface area contributed by atoms with E-state index < -0.39 is 0 Å². The van der Waals surface area contributed by atoms with Crippen LogP contribution in [0.1, 0.15) is 30.9 Å². The summed E-state index contributed by atoms with van der Waals surface area (Å²) < 4.78 is 7.86. The summed E-state index contributed by atoms with van der Waals surface area (Å²) in [5.74, 6) is 0.844. The fourth-order valence-corrected chi connectivity index (χ4v) is 3.61. The summed E-state index contributed by atoms with van der Waals surface area (Å²) in [6.45, 7) is 6.07. The number of aromatic nitrogens is 2. The van der Waals surface area contributed by atoms with Crippen molar-refractivity contribution in [1.29, 1.82) is 0 Å². The zero-order valence-electron chi connectivity index (χ0n) is 17.0. The van der Waals surface area contributed by atoms with Gasteiger partial charge in [0.25, 0.3) is 0 Å². The molecule has 1 atom stereocenters. The number of ether oxygens (including phenoxy) is 1. The number of nitrogens with one attached hydrogen (secondary N) is 2. The largest absolute Gasteiger partial charge is 0.376 e. The average molecular weight is 392 g/mol. The molecule has 3 aromatic rings. The molecule has 0 amide bonds. The SMILES string of the molecule is CCNC(=NCc1ccc(Cn2cnc3ccccc32)cc1)NCC1CCCO1. The van der Waals surface area contributed by atoms with Gasteiger partial charge in [-0.1, -0.05) is 36.4 Å². The standard InChI is InChI=1S/C23H29N5O/c1-2-24-23(26-15-20-6-5-13-29-20)25-14-18-9-11-19(12-10-18)16-28-17-27-21-7-3-4-8-22(21)28/h3-4,7-12,17,20H,2,5-6,13-16H2,1H3,(H2,24,25,26). The van der Waals surface area contributed by atoms with Crippen molar-refractivity contribution in [2.75, 3.05) is 19.7 Å². The monoisotopic (exact) mass is 391 g/mol. The molecule has 152 valence electrons. The minimum Gasteiger partial charge on any atom is -0.376 e. The lowest BCUT2D eigenvalue weighted by molar-refractivity contribution is 0.114. The molecule has 6 heteroatoms. The Labute approximate surface area is 172 Å². The molecule has 0 spiro atoms. The summed E-state index contributed by atoms with van der Waals surface area (Å²) in [5, 5.41) is 6.70. The van der Waals surface area contributed by atoms with Crippen LogP contribution >= 0.6 is 0 Å². The number of benzene rings is 2. The number of aliphatic imine (C=N–C) groups is 1. The van der Waals surface area contributed by atoms with Crippen LogP contribution in [0.25, 0.3) is 11.0 Å². The van der Waals surface area contributed by atoms with Gasteiger partial charge in [-0.05, 0) is 43.0 Å². The summed E-state index contributed by atoms with van der Waals surface area (Å²) in [5.41, 5.74) is 4.64. The molecule has 1 fully saturated rings. The highest BCUT2D eigenvalue weighted by molar-refractivity contribution is 5.79. The van der Waals surface area contributed by atoms with E-state index in [0.29, 0.717) is 12.6 Å². The molecule has 2 heterocycles. The summed E-state index contributed by atoms with van der Waals surface area (Å²) in [4.78, 5) is 9.18. The third kappa shape index (κ3) is 5.15. The number of guanidine groups is 1. The maximum atomic E-state index is 5.68. The van der Waals surface area contributed by atoms with E-state index in [1.54, 1.807) is 0 Å². The van der Waals surface area contributed by atoms with Crippen LogP contribution in [-0.4, -0.2) is 41.3 Å². The quantitative estimate of drug-likeness (QED) is 0.479. The molecule has 0 saturated carbocycles. The van der Waals surface area contributed by atoms with Gasteiger partial charge in [-0.3, -0.25) is 0 Å². The smallest absolute Gasteiger partial charge is 0.191 e. The maximum Gasteiger partial charge on any atom is 0.191 e. The summed E-state index contributed by atoms with van der Waals surface area (Å²) in [6, 6.07) is 16.9. The summed E-state index contributed by atoms with van der Waals surface area (Å²) in [7, 11) is 0. The summed E-state index contributed by atoms with van der Waals surface area (Å²) >= 11 is 0. The molecule has 1 aromatic heterocycles. The lowest BCUT2D eigenvalue weighted by Crippen LogP contribution is -2.41. The van der Waals surface area contributed by atoms with Crippen LogP contribution in [0.5, 0.6) is 0 Å². The van der Waals surface area contributed by atoms with Gasteiger partial charge in [0.15, 0.2) is 5.96 Å². The minimum atomic E-state index is 0.303. The number of hydrogen-bond acceptors (Lipinski definition) is 3. The number of fused-ring (bicyclic) bond motifs is 1. The number of hydrogen-bond donors (Lipinski definition) is 2. The topological polar surface area (TPSA) is 63.5 Å². The van der Waals surface area contributed by atoms with Gasteiger partial charge in [-0.2, -0.15) is 0 Å². The van der Waals surface area contributed by atoms with Crippen molar-refractivity contribution in [3.8, 4) is 0 Å². The third-order valence-electron chi connectivity index (χ3n) is 5.19. The third-order valence-corrected chi connectivity index (χ3v) is 5.19. The first kappa shape index (κ1) is 19.5. The fourth-order valence-electron chi connectivity index (χ4n) is 3.61. The average Bonchev–Trinajstić information content (AvgIpc) is 3.42. The van der Waals surface area contributed by atoms with E-state index in [-0.39, 0.29) is 0 Å². The molecule has 1 aliphatic heterocycles. The molecule has 6 nitrogen and oxygen atoms in total. The Balaban J connectivity index is 1.35. The molecule has 1 saturated heterocycles. The first-order chi connectivity index (χ1) is 14.3. The van der Waals surface area contributed by atoms with Crippen molar-refractivity contribution in [2.24, 2.45) is 4.99 Å². The molecular weight excluding hydrogens is 362 g/mol. The highest BCUT2D eigenvalue weighted by Crippen LogP contribution is 2.15. The zero-order chi connectivity index (χ0) is 19.9. The molecule has 0 aliphatic carbocycles. The normalized spacial score (nSPS) is 17.0. The molecule has 2 N–H and O–H groups in total. The lowest BCUT2D eigenvalue weighted by atomic mass is 10.1. The predicted octanol–water partition coefficient (Wildman–Crippen LogP) is 3.32. The Morgan fingerprint density at radius 2 is 1.97 bits per heavy atom. The second-order valence-corrected chi connectivity index (χ2v) is 7.39. The molecule has 29 heavy (non-hydrogen) atoms. The molecular formula is C23H29N5O. The maximum absolute atomic E-state index is 5.68. The van der Waals surface area contributed by atoms with E-state index >= 15 is 0 Å². The van der Waals surface area contributed by atoms with E-state index in [1.807, 2.05) is 18.5 Å². The Morgan fingerprint density at radius 3 is 2.76 bits per heavy atom. The Bertz CT molecular complexity index is 941. The van der Waals surface area contributed by atoms with Gasteiger partial charge in [-0.15, -0.1) is 0 Å². The number of imidazole rings is 1. The summed E-state index contributed by atoms with van der Waals surface area (Å²) in [6.07, 6.45) is 4.49. The molecule has 0 radical (unpaired) electrons. The fraction of sp³-hybridized carbons (Fsp3) is 0.391. The van der Waals surface area contributed by atoms with Crippen LogP contribution in [0.4, 0.5) is 0 Å². The zero-order valence-corrected chi connectivity index (χ0v) is 17.0. The van der Waals surface area contributed by atoms with Crippen molar-refractivity contribution >= 4 is 17.0 Å². The van der Waals surface area contributed by atoms with Crippen molar-refractivity contribution in [3.05, 3.63) is 66.0 Å². The highest BCUT2D eigenvalue weighted by Gasteiger charge is 2.15. The van der Waals surface area contributed by atoms with Crippen molar-refractivity contribution in [2.45, 2.75) is 39.0 Å². The predicted molar refractivity (Wildman–Crippen MR) is 117 cm³/mol. The van der Waals surface area contributed by atoms with Crippen LogP contribution in [0.3, 0.4) is 0 Å². The van der Waals surface area contributed by atoms with Crippen LogP contribution in [0.15, 0.2) is 59.9 Å². The van der Waals surface area contributed by atoms with Crippen LogP contribution < -0.4 is 10.6 Å². The highest BCUT2D eigenvalue weighted by atomic mass is 16.5. The molecule has 0 bridgehead atoms. The van der Waals surface area contributed by atoms with Gasteiger partial charge < -0.3 is 19.9 Å². The Kier molecular flexibility index (Phi) is 6.42. The van der Waals surface area contributed by atoms with E-state index in [4.69, 9.17) is 9.73 Å². The Morgan fingerprint density at radius 1 is 1.14 bits per heavy atom. The first-order valence-electron chi connectivity index (χ1n) is 10.4. The second-order valence-electron chi connectivity index (χ2n) is 7.39. The number of nitrogens with zero attached hydrogens (tertiary/aromatic N) is 3.